The van der Waals surface area contributed by atoms with Gasteiger partial charge in [-0.15, -0.1) is 0 Å². The summed E-state index contributed by atoms with van der Waals surface area (Å²) in [6.45, 7) is 3.66. The van der Waals surface area contributed by atoms with Gasteiger partial charge in [-0.05, 0) is 32.9 Å². The molecule has 0 aromatic rings. The summed E-state index contributed by atoms with van der Waals surface area (Å²) in [6.07, 6.45) is -0.796. The minimum atomic E-state index is -2.23. The van der Waals surface area contributed by atoms with E-state index in [0.29, 0.717) is 12.6 Å². The van der Waals surface area contributed by atoms with Crippen LogP contribution in [0.1, 0.15) is 19.8 Å². The van der Waals surface area contributed by atoms with E-state index in [1.807, 2.05) is 0 Å². The van der Waals surface area contributed by atoms with Gasteiger partial charge in [0.2, 0.25) is 0 Å². The van der Waals surface area contributed by atoms with Crippen LogP contribution >= 0.6 is 0 Å². The molecule has 15 heavy (non-hydrogen) atoms. The normalized spacial score (nSPS) is 22.2. The standard InChI is InChI=1S/C10H20F2N2O/c1-8(15)6-13-9-2-4-14(5-3-9)7-10(11)12/h8-10,13,15H,2-7H2,1H3. The van der Waals surface area contributed by atoms with Crippen molar-refractivity contribution in [2.45, 2.75) is 38.3 Å². The quantitative estimate of drug-likeness (QED) is 0.718. The predicted molar refractivity (Wildman–Crippen MR) is 55.1 cm³/mol. The van der Waals surface area contributed by atoms with E-state index in [-0.39, 0.29) is 12.6 Å². The third-order valence-electron chi connectivity index (χ3n) is 2.69. The van der Waals surface area contributed by atoms with Crippen LogP contribution < -0.4 is 5.32 Å². The molecule has 1 aliphatic heterocycles. The van der Waals surface area contributed by atoms with Crippen molar-refractivity contribution in [1.82, 2.24) is 10.2 Å². The van der Waals surface area contributed by atoms with E-state index < -0.39 is 6.43 Å². The summed E-state index contributed by atoms with van der Waals surface area (Å²) in [5, 5.41) is 12.3. The van der Waals surface area contributed by atoms with Gasteiger partial charge in [0.25, 0.3) is 6.43 Å². The summed E-state index contributed by atoms with van der Waals surface area (Å²) in [6, 6.07) is 0.369. The summed E-state index contributed by atoms with van der Waals surface area (Å²) in [5.41, 5.74) is 0. The zero-order valence-electron chi connectivity index (χ0n) is 9.13. The fourth-order valence-corrected chi connectivity index (χ4v) is 1.85. The molecule has 0 spiro atoms. The number of hydrogen-bond donors (Lipinski definition) is 2. The van der Waals surface area contributed by atoms with Gasteiger partial charge in [-0.25, -0.2) is 8.78 Å². The highest BCUT2D eigenvalue weighted by molar-refractivity contribution is 4.77. The molecule has 3 nitrogen and oxygen atoms in total. The highest BCUT2D eigenvalue weighted by Crippen LogP contribution is 2.11. The third-order valence-corrected chi connectivity index (χ3v) is 2.69. The molecule has 1 aliphatic rings. The van der Waals surface area contributed by atoms with E-state index in [0.717, 1.165) is 25.9 Å². The number of hydrogen-bond acceptors (Lipinski definition) is 3. The Morgan fingerprint density at radius 1 is 1.40 bits per heavy atom. The lowest BCUT2D eigenvalue weighted by Crippen LogP contribution is -2.45. The van der Waals surface area contributed by atoms with Crippen molar-refractivity contribution in [3.8, 4) is 0 Å². The molecule has 5 heteroatoms. The molecule has 0 aromatic heterocycles. The number of alkyl halides is 2. The molecule has 1 fully saturated rings. The number of piperidine rings is 1. The Balaban J connectivity index is 2.12. The Hall–Kier alpha value is -0.260. The maximum atomic E-state index is 12.1. The number of nitrogens with zero attached hydrogens (tertiary/aromatic N) is 1. The first-order valence-electron chi connectivity index (χ1n) is 5.50. The number of rotatable bonds is 5. The minimum Gasteiger partial charge on any atom is -0.392 e. The number of halogens is 2. The Bertz CT molecular complexity index is 171. The molecule has 90 valence electrons. The SMILES string of the molecule is CC(O)CNC1CCN(CC(F)F)CC1. The largest absolute Gasteiger partial charge is 0.392 e. The molecule has 0 amide bonds. The molecular weight excluding hydrogens is 202 g/mol. The lowest BCUT2D eigenvalue weighted by atomic mass is 10.0. The molecule has 0 aliphatic carbocycles. The van der Waals surface area contributed by atoms with Gasteiger partial charge in [0, 0.05) is 12.6 Å². The maximum Gasteiger partial charge on any atom is 0.251 e. The van der Waals surface area contributed by atoms with E-state index in [1.54, 1.807) is 11.8 Å². The molecule has 0 bridgehead atoms. The fourth-order valence-electron chi connectivity index (χ4n) is 1.85. The number of aliphatic hydroxyl groups is 1. The first-order chi connectivity index (χ1) is 7.08. The predicted octanol–water partition coefficient (Wildman–Crippen LogP) is 0.686. The summed E-state index contributed by atoms with van der Waals surface area (Å²) < 4.78 is 24.2. The number of likely N-dealkylation sites (tertiary alicyclic amines) is 1. The molecule has 1 atom stereocenters. The second kappa shape index (κ2) is 6.35. The lowest BCUT2D eigenvalue weighted by Gasteiger charge is -2.32. The molecule has 1 rings (SSSR count). The van der Waals surface area contributed by atoms with E-state index >= 15 is 0 Å². The molecular formula is C10H20F2N2O. The second-order valence-corrected chi connectivity index (χ2v) is 4.22. The van der Waals surface area contributed by atoms with Gasteiger partial charge >= 0.3 is 0 Å². The first-order valence-corrected chi connectivity index (χ1v) is 5.50. The van der Waals surface area contributed by atoms with Gasteiger partial charge in [-0.1, -0.05) is 0 Å². The van der Waals surface area contributed by atoms with E-state index in [4.69, 9.17) is 5.11 Å². The topological polar surface area (TPSA) is 35.5 Å². The minimum absolute atomic E-state index is 0.108. The highest BCUT2D eigenvalue weighted by Gasteiger charge is 2.20. The van der Waals surface area contributed by atoms with Crippen molar-refractivity contribution < 1.29 is 13.9 Å². The fraction of sp³-hybridized carbons (Fsp3) is 1.00. The van der Waals surface area contributed by atoms with Gasteiger partial charge in [-0.2, -0.15) is 0 Å². The first kappa shape index (κ1) is 12.8. The van der Waals surface area contributed by atoms with Gasteiger partial charge in [0.1, 0.15) is 0 Å². The van der Waals surface area contributed by atoms with Crippen LogP contribution in [0.5, 0.6) is 0 Å². The molecule has 0 aromatic carbocycles. The Labute approximate surface area is 89.5 Å². The monoisotopic (exact) mass is 222 g/mol. The highest BCUT2D eigenvalue weighted by atomic mass is 19.3. The van der Waals surface area contributed by atoms with Crippen LogP contribution in [0.25, 0.3) is 0 Å². The van der Waals surface area contributed by atoms with Crippen LogP contribution in [0.15, 0.2) is 0 Å². The zero-order chi connectivity index (χ0) is 11.3. The maximum absolute atomic E-state index is 12.1. The van der Waals surface area contributed by atoms with Crippen molar-refractivity contribution in [2.24, 2.45) is 0 Å². The molecule has 0 saturated carbocycles. The second-order valence-electron chi connectivity index (χ2n) is 4.22. The summed E-state index contributed by atoms with van der Waals surface area (Å²) in [7, 11) is 0. The molecule has 2 N–H and O–H groups in total. The summed E-state index contributed by atoms with van der Waals surface area (Å²) in [5.74, 6) is 0. The van der Waals surface area contributed by atoms with Gasteiger partial charge in [0.15, 0.2) is 0 Å². The van der Waals surface area contributed by atoms with Crippen molar-refractivity contribution in [3.63, 3.8) is 0 Å². The third kappa shape index (κ3) is 5.39. The van der Waals surface area contributed by atoms with Crippen molar-refractivity contribution in [2.75, 3.05) is 26.2 Å². The van der Waals surface area contributed by atoms with Crippen LogP contribution in [-0.2, 0) is 0 Å². The molecule has 1 unspecified atom stereocenters. The Kier molecular flexibility index (Phi) is 5.42. The van der Waals surface area contributed by atoms with E-state index in [1.165, 1.54) is 0 Å². The lowest BCUT2D eigenvalue weighted by molar-refractivity contribution is 0.0717. The summed E-state index contributed by atoms with van der Waals surface area (Å²) in [4.78, 5) is 1.80. The van der Waals surface area contributed by atoms with Crippen molar-refractivity contribution >= 4 is 0 Å². The van der Waals surface area contributed by atoms with Crippen LogP contribution in [0, 0.1) is 0 Å². The Morgan fingerprint density at radius 2 is 2.00 bits per heavy atom. The van der Waals surface area contributed by atoms with Gasteiger partial charge in [-0.3, -0.25) is 4.90 Å². The summed E-state index contributed by atoms with van der Waals surface area (Å²) >= 11 is 0. The number of nitrogens with one attached hydrogen (secondary N) is 1. The molecule has 1 saturated heterocycles. The van der Waals surface area contributed by atoms with Crippen molar-refractivity contribution in [3.05, 3.63) is 0 Å². The average molecular weight is 222 g/mol. The molecule has 1 heterocycles. The number of aliphatic hydroxyl groups excluding tert-OH is 1. The van der Waals surface area contributed by atoms with Crippen LogP contribution in [0.3, 0.4) is 0 Å². The zero-order valence-corrected chi connectivity index (χ0v) is 9.13. The molecule has 0 radical (unpaired) electrons. The van der Waals surface area contributed by atoms with E-state index in [2.05, 4.69) is 5.32 Å². The Morgan fingerprint density at radius 3 is 2.47 bits per heavy atom. The smallest absolute Gasteiger partial charge is 0.251 e. The van der Waals surface area contributed by atoms with Crippen LogP contribution in [0.2, 0.25) is 0 Å². The van der Waals surface area contributed by atoms with Crippen LogP contribution in [-0.4, -0.2) is 54.8 Å². The van der Waals surface area contributed by atoms with Crippen LogP contribution in [0.4, 0.5) is 8.78 Å². The average Bonchev–Trinajstić information content (AvgIpc) is 2.16. The van der Waals surface area contributed by atoms with Gasteiger partial charge in [0.05, 0.1) is 12.6 Å². The van der Waals surface area contributed by atoms with E-state index in [9.17, 15) is 8.78 Å². The van der Waals surface area contributed by atoms with Gasteiger partial charge < -0.3 is 10.4 Å². The van der Waals surface area contributed by atoms with Crippen molar-refractivity contribution in [1.29, 1.82) is 0 Å².